The van der Waals surface area contributed by atoms with Gasteiger partial charge in [0.25, 0.3) is 11.8 Å². The van der Waals surface area contributed by atoms with E-state index in [0.717, 1.165) is 55.5 Å². The topological polar surface area (TPSA) is 99.3 Å². The molecule has 31 heavy (non-hydrogen) atoms. The van der Waals surface area contributed by atoms with Crippen molar-refractivity contribution in [2.24, 2.45) is 0 Å². The van der Waals surface area contributed by atoms with Crippen molar-refractivity contribution in [3.63, 3.8) is 0 Å². The van der Waals surface area contributed by atoms with Gasteiger partial charge in [0, 0.05) is 36.5 Å². The molecule has 0 unspecified atom stereocenters. The van der Waals surface area contributed by atoms with Crippen LogP contribution in [0.5, 0.6) is 0 Å². The number of aromatic nitrogens is 2. The number of benzene rings is 1. The van der Waals surface area contributed by atoms with Crippen molar-refractivity contribution in [1.29, 1.82) is 0 Å². The number of nitrogens with zero attached hydrogens (tertiary/aromatic N) is 2. The Kier molecular flexibility index (Phi) is 4.15. The zero-order chi connectivity index (χ0) is 21.1. The standard InChI is InChI=1S/C23H27N5O3/c29-20-16-6-2-3-7-17(16)24-23(25-20)13-22(31-14-23)9-11-28(12-10-22)21(30)19-15-5-1-4-8-18(15)26-27-19/h2-3,6-7,24H,1,4-5,8-14H2,(H,25,29)(H,26,27)/t23-/m0/s1. The number of carbonyl (C=O) groups excluding carboxylic acids is 2. The molecule has 2 aromatic rings. The number of hydrogen-bond donors (Lipinski definition) is 3. The highest BCUT2D eigenvalue weighted by molar-refractivity contribution is 6.02. The number of rotatable bonds is 1. The first-order valence-electron chi connectivity index (χ1n) is 11.3. The number of nitrogens with one attached hydrogen (secondary N) is 3. The number of piperidine rings is 1. The Morgan fingerprint density at radius 1 is 1.10 bits per heavy atom. The Hall–Kier alpha value is -2.87. The smallest absolute Gasteiger partial charge is 0.274 e. The van der Waals surface area contributed by atoms with Gasteiger partial charge in [0.1, 0.15) is 5.66 Å². The third-order valence-electron chi connectivity index (χ3n) is 7.37. The molecule has 162 valence electrons. The highest BCUT2D eigenvalue weighted by Crippen LogP contribution is 2.43. The Morgan fingerprint density at radius 2 is 1.90 bits per heavy atom. The van der Waals surface area contributed by atoms with Crippen molar-refractivity contribution in [2.75, 3.05) is 25.0 Å². The number of H-pyrrole nitrogens is 1. The quantitative estimate of drug-likeness (QED) is 0.656. The number of aryl methyl sites for hydroxylation is 1. The van der Waals surface area contributed by atoms with Crippen LogP contribution in [0, 0.1) is 0 Å². The zero-order valence-electron chi connectivity index (χ0n) is 17.5. The predicted molar refractivity (Wildman–Crippen MR) is 114 cm³/mol. The summed E-state index contributed by atoms with van der Waals surface area (Å²) >= 11 is 0. The first-order chi connectivity index (χ1) is 15.1. The number of carbonyl (C=O) groups is 2. The molecule has 1 aromatic carbocycles. The molecule has 6 rings (SSSR count). The minimum absolute atomic E-state index is 0.0278. The summed E-state index contributed by atoms with van der Waals surface area (Å²) in [6.45, 7) is 1.70. The largest absolute Gasteiger partial charge is 0.370 e. The Bertz CT molecular complexity index is 1060. The van der Waals surface area contributed by atoms with Crippen molar-refractivity contribution < 1.29 is 14.3 Å². The molecule has 2 spiro atoms. The molecule has 0 radical (unpaired) electrons. The fourth-order valence-corrected chi connectivity index (χ4v) is 5.70. The van der Waals surface area contributed by atoms with Crippen molar-refractivity contribution >= 4 is 17.5 Å². The van der Waals surface area contributed by atoms with Crippen LogP contribution in [0.15, 0.2) is 24.3 Å². The molecule has 8 heteroatoms. The minimum Gasteiger partial charge on any atom is -0.370 e. The highest BCUT2D eigenvalue weighted by atomic mass is 16.5. The van der Waals surface area contributed by atoms with E-state index in [-0.39, 0.29) is 17.4 Å². The normalized spacial score (nSPS) is 26.3. The van der Waals surface area contributed by atoms with Crippen LogP contribution in [0.25, 0.3) is 0 Å². The van der Waals surface area contributed by atoms with Gasteiger partial charge in [0.05, 0.1) is 17.8 Å². The third kappa shape index (κ3) is 3.04. The van der Waals surface area contributed by atoms with Crippen LogP contribution in [-0.2, 0) is 17.6 Å². The second-order valence-electron chi connectivity index (χ2n) is 9.38. The summed E-state index contributed by atoms with van der Waals surface area (Å²) < 4.78 is 6.31. The van der Waals surface area contributed by atoms with Crippen LogP contribution in [0.2, 0.25) is 0 Å². The van der Waals surface area contributed by atoms with E-state index < -0.39 is 5.66 Å². The molecule has 8 nitrogen and oxygen atoms in total. The molecule has 2 amide bonds. The molecule has 2 saturated heterocycles. The lowest BCUT2D eigenvalue weighted by molar-refractivity contribution is -0.0394. The van der Waals surface area contributed by atoms with E-state index in [9.17, 15) is 9.59 Å². The maximum absolute atomic E-state index is 13.1. The van der Waals surface area contributed by atoms with Crippen LogP contribution < -0.4 is 10.6 Å². The SMILES string of the molecule is O=C1N[C@@]2(COC3(CCN(C(=O)c4n[nH]c5c4CCCC5)CC3)C2)Nc2ccccc21. The maximum atomic E-state index is 13.1. The molecule has 3 aliphatic heterocycles. The maximum Gasteiger partial charge on any atom is 0.274 e. The Balaban J connectivity index is 1.15. The van der Waals surface area contributed by atoms with Gasteiger partial charge >= 0.3 is 0 Å². The van der Waals surface area contributed by atoms with Gasteiger partial charge in [-0.1, -0.05) is 12.1 Å². The summed E-state index contributed by atoms with van der Waals surface area (Å²) in [5.74, 6) is -0.0362. The van der Waals surface area contributed by atoms with E-state index in [1.54, 1.807) is 0 Å². The molecule has 2 fully saturated rings. The molecule has 3 N–H and O–H groups in total. The van der Waals surface area contributed by atoms with Gasteiger partial charge in [-0.05, 0) is 50.7 Å². The number of aromatic amines is 1. The molecule has 1 aromatic heterocycles. The van der Waals surface area contributed by atoms with E-state index in [4.69, 9.17) is 4.74 Å². The van der Waals surface area contributed by atoms with Crippen molar-refractivity contribution in [1.82, 2.24) is 20.4 Å². The zero-order valence-corrected chi connectivity index (χ0v) is 17.5. The Labute approximate surface area is 180 Å². The molecule has 0 saturated carbocycles. The van der Waals surface area contributed by atoms with Gasteiger partial charge in [0.15, 0.2) is 5.69 Å². The summed E-state index contributed by atoms with van der Waals surface area (Å²) in [6.07, 6.45) is 6.40. The molecular weight excluding hydrogens is 394 g/mol. The number of fused-ring (bicyclic) bond motifs is 2. The van der Waals surface area contributed by atoms with Gasteiger partial charge in [-0.15, -0.1) is 0 Å². The lowest BCUT2D eigenvalue weighted by Crippen LogP contribution is -2.59. The average Bonchev–Trinajstić information content (AvgIpc) is 3.36. The number of amides is 2. The number of likely N-dealkylation sites (tertiary alicyclic amines) is 1. The second kappa shape index (κ2) is 6.82. The number of hydrogen-bond acceptors (Lipinski definition) is 5. The molecule has 0 bridgehead atoms. The second-order valence-corrected chi connectivity index (χ2v) is 9.38. The Morgan fingerprint density at radius 3 is 2.77 bits per heavy atom. The van der Waals surface area contributed by atoms with Gasteiger partial charge in [0.2, 0.25) is 0 Å². The molecule has 4 heterocycles. The van der Waals surface area contributed by atoms with Crippen LogP contribution in [0.4, 0.5) is 5.69 Å². The third-order valence-corrected chi connectivity index (χ3v) is 7.37. The molecule has 1 aliphatic carbocycles. The van der Waals surface area contributed by atoms with E-state index in [2.05, 4.69) is 20.8 Å². The molecule has 4 aliphatic rings. The monoisotopic (exact) mass is 421 g/mol. The lowest BCUT2D eigenvalue weighted by Gasteiger charge is -2.41. The summed E-state index contributed by atoms with van der Waals surface area (Å²) in [6, 6.07) is 7.57. The van der Waals surface area contributed by atoms with Crippen molar-refractivity contribution in [3.8, 4) is 0 Å². The van der Waals surface area contributed by atoms with Gasteiger partial charge in [-0.25, -0.2) is 0 Å². The summed E-state index contributed by atoms with van der Waals surface area (Å²) in [7, 11) is 0. The van der Waals surface area contributed by atoms with Gasteiger partial charge in [-0.2, -0.15) is 5.10 Å². The minimum atomic E-state index is -0.584. The summed E-state index contributed by atoms with van der Waals surface area (Å²) in [5, 5.41) is 14.1. The molecular formula is C23H27N5O3. The van der Waals surface area contributed by atoms with Crippen molar-refractivity contribution in [3.05, 3.63) is 46.8 Å². The van der Waals surface area contributed by atoms with E-state index in [1.165, 1.54) is 0 Å². The van der Waals surface area contributed by atoms with Crippen LogP contribution >= 0.6 is 0 Å². The molecule has 1 atom stereocenters. The summed E-state index contributed by atoms with van der Waals surface area (Å²) in [5.41, 5.74) is 3.45. The highest BCUT2D eigenvalue weighted by Gasteiger charge is 2.53. The first-order valence-corrected chi connectivity index (χ1v) is 11.3. The summed E-state index contributed by atoms with van der Waals surface area (Å²) in [4.78, 5) is 27.7. The average molecular weight is 422 g/mol. The van der Waals surface area contributed by atoms with E-state index in [1.807, 2.05) is 29.2 Å². The van der Waals surface area contributed by atoms with E-state index in [0.29, 0.717) is 37.4 Å². The number of ether oxygens (including phenoxy) is 1. The fraction of sp³-hybridized carbons (Fsp3) is 0.522. The van der Waals surface area contributed by atoms with Gasteiger partial charge in [-0.3, -0.25) is 14.7 Å². The first kappa shape index (κ1) is 18.9. The van der Waals surface area contributed by atoms with E-state index >= 15 is 0 Å². The fourth-order valence-electron chi connectivity index (χ4n) is 5.70. The van der Waals surface area contributed by atoms with Crippen molar-refractivity contribution in [2.45, 2.75) is 56.2 Å². The number of para-hydroxylation sites is 1. The van der Waals surface area contributed by atoms with Crippen LogP contribution in [-0.4, -0.2) is 57.9 Å². The lowest BCUT2D eigenvalue weighted by atomic mass is 9.84. The number of anilines is 1. The van der Waals surface area contributed by atoms with Crippen LogP contribution in [0.1, 0.15) is 64.2 Å². The van der Waals surface area contributed by atoms with Crippen LogP contribution in [0.3, 0.4) is 0 Å². The predicted octanol–water partition coefficient (Wildman–Crippen LogP) is 2.24. The van der Waals surface area contributed by atoms with Gasteiger partial charge < -0.3 is 20.3 Å².